The highest BCUT2D eigenvalue weighted by atomic mass is 19.1. The Kier molecular flexibility index (Phi) is 4.27. The fourth-order valence-electron chi connectivity index (χ4n) is 1.99. The minimum atomic E-state index is -0.656. The molecule has 2 atom stereocenters. The first-order valence-corrected chi connectivity index (χ1v) is 6.17. The van der Waals surface area contributed by atoms with Gasteiger partial charge in [-0.15, -0.1) is 0 Å². The number of halogens is 1. The molecule has 0 aliphatic carbocycles. The Morgan fingerprint density at radius 2 is 1.68 bits per heavy atom. The third-order valence-electron chi connectivity index (χ3n) is 3.06. The van der Waals surface area contributed by atoms with E-state index in [1.165, 1.54) is 6.07 Å². The smallest absolute Gasteiger partial charge is 0.129 e. The van der Waals surface area contributed by atoms with Crippen LogP contribution in [0.2, 0.25) is 0 Å². The second kappa shape index (κ2) is 6.12. The molecule has 0 aromatic heterocycles. The minimum Gasteiger partial charge on any atom is -0.291 e. The summed E-state index contributed by atoms with van der Waals surface area (Å²) in [4.78, 5) is 0. The molecule has 0 spiro atoms. The highest BCUT2D eigenvalue weighted by Gasteiger charge is 2.17. The molecule has 2 rings (SSSR count). The van der Waals surface area contributed by atoms with Gasteiger partial charge in [0.1, 0.15) is 11.9 Å². The van der Waals surface area contributed by atoms with E-state index in [0.29, 0.717) is 5.56 Å². The monoisotopic (exact) mass is 254 g/mol. The largest absolute Gasteiger partial charge is 0.291 e. The van der Waals surface area contributed by atoms with Crippen LogP contribution in [0, 0.1) is 17.1 Å². The van der Waals surface area contributed by atoms with E-state index in [-0.39, 0.29) is 11.9 Å². The van der Waals surface area contributed by atoms with E-state index in [1.54, 1.807) is 18.2 Å². The fraction of sp³-hybridized carbons (Fsp3) is 0.188. The van der Waals surface area contributed by atoms with Crippen molar-refractivity contribution in [1.82, 2.24) is 5.32 Å². The number of hydrogen-bond donors (Lipinski definition) is 1. The van der Waals surface area contributed by atoms with Crippen LogP contribution in [0.5, 0.6) is 0 Å². The Bertz CT molecular complexity index is 575. The van der Waals surface area contributed by atoms with Gasteiger partial charge in [-0.3, -0.25) is 5.32 Å². The molecule has 0 aliphatic rings. The van der Waals surface area contributed by atoms with Crippen LogP contribution in [0.3, 0.4) is 0 Å². The molecule has 0 amide bonds. The van der Waals surface area contributed by atoms with Crippen molar-refractivity contribution in [2.75, 3.05) is 0 Å². The Balaban J connectivity index is 2.17. The van der Waals surface area contributed by atoms with Gasteiger partial charge in [0.25, 0.3) is 0 Å². The van der Waals surface area contributed by atoms with Crippen LogP contribution < -0.4 is 5.32 Å². The lowest BCUT2D eigenvalue weighted by Gasteiger charge is -2.19. The zero-order valence-corrected chi connectivity index (χ0v) is 10.7. The standard InChI is InChI=1S/C16H15FN2/c1-12(13-7-3-2-4-8-13)19-16(11-18)14-9-5-6-10-15(14)17/h2-10,12,16,19H,1H3/t12-,16+/m1/s1. The molecule has 3 heteroatoms. The normalized spacial score (nSPS) is 13.5. The molecule has 0 unspecified atom stereocenters. The summed E-state index contributed by atoms with van der Waals surface area (Å²) in [5.74, 6) is -0.359. The Hall–Kier alpha value is -2.18. The van der Waals surface area contributed by atoms with Crippen molar-refractivity contribution in [3.05, 3.63) is 71.5 Å². The first-order chi connectivity index (χ1) is 9.22. The van der Waals surface area contributed by atoms with Crippen molar-refractivity contribution < 1.29 is 4.39 Å². The van der Waals surface area contributed by atoms with Gasteiger partial charge < -0.3 is 0 Å². The molecule has 2 nitrogen and oxygen atoms in total. The Morgan fingerprint density at radius 1 is 1.05 bits per heavy atom. The van der Waals surface area contributed by atoms with Crippen molar-refractivity contribution in [1.29, 1.82) is 5.26 Å². The van der Waals surface area contributed by atoms with Gasteiger partial charge in [-0.2, -0.15) is 5.26 Å². The van der Waals surface area contributed by atoms with E-state index in [2.05, 4.69) is 11.4 Å². The number of nitrogens with zero attached hydrogens (tertiary/aromatic N) is 1. The zero-order valence-electron chi connectivity index (χ0n) is 10.7. The van der Waals surface area contributed by atoms with Crippen molar-refractivity contribution in [3.8, 4) is 6.07 Å². The van der Waals surface area contributed by atoms with Crippen molar-refractivity contribution in [2.45, 2.75) is 19.0 Å². The molecule has 0 aliphatic heterocycles. The lowest BCUT2D eigenvalue weighted by molar-refractivity contribution is 0.509. The molecule has 2 aromatic rings. The summed E-state index contributed by atoms with van der Waals surface area (Å²) in [7, 11) is 0. The van der Waals surface area contributed by atoms with Gasteiger partial charge in [0, 0.05) is 11.6 Å². The summed E-state index contributed by atoms with van der Waals surface area (Å²) >= 11 is 0. The van der Waals surface area contributed by atoms with E-state index in [9.17, 15) is 9.65 Å². The number of hydrogen-bond acceptors (Lipinski definition) is 2. The predicted molar refractivity (Wildman–Crippen MR) is 72.7 cm³/mol. The van der Waals surface area contributed by atoms with Gasteiger partial charge in [0.2, 0.25) is 0 Å². The van der Waals surface area contributed by atoms with E-state index in [0.717, 1.165) is 5.56 Å². The van der Waals surface area contributed by atoms with Crippen molar-refractivity contribution in [2.24, 2.45) is 0 Å². The molecule has 0 fully saturated rings. The molecule has 0 bridgehead atoms. The van der Waals surface area contributed by atoms with Crippen LogP contribution in [0.1, 0.15) is 30.1 Å². The summed E-state index contributed by atoms with van der Waals surface area (Å²) in [5.41, 5.74) is 1.45. The second-order valence-corrected chi connectivity index (χ2v) is 4.38. The average molecular weight is 254 g/mol. The second-order valence-electron chi connectivity index (χ2n) is 4.38. The van der Waals surface area contributed by atoms with Crippen molar-refractivity contribution in [3.63, 3.8) is 0 Å². The number of rotatable bonds is 4. The maximum atomic E-state index is 13.7. The maximum absolute atomic E-state index is 13.7. The summed E-state index contributed by atoms with van der Waals surface area (Å²) in [6.45, 7) is 1.96. The van der Waals surface area contributed by atoms with Crippen LogP contribution in [-0.2, 0) is 0 Å². The number of nitrogens with one attached hydrogen (secondary N) is 1. The highest BCUT2D eigenvalue weighted by molar-refractivity contribution is 5.27. The van der Waals surface area contributed by atoms with E-state index in [1.807, 2.05) is 37.3 Å². The lowest BCUT2D eigenvalue weighted by atomic mass is 10.0. The fourth-order valence-corrected chi connectivity index (χ4v) is 1.99. The molecule has 0 radical (unpaired) electrons. The van der Waals surface area contributed by atoms with E-state index in [4.69, 9.17) is 0 Å². The molecule has 19 heavy (non-hydrogen) atoms. The Morgan fingerprint density at radius 3 is 2.32 bits per heavy atom. The van der Waals surface area contributed by atoms with Crippen molar-refractivity contribution >= 4 is 0 Å². The summed E-state index contributed by atoms with van der Waals surface area (Å²) in [6.07, 6.45) is 0. The van der Waals surface area contributed by atoms with Gasteiger partial charge in [0.05, 0.1) is 6.07 Å². The lowest BCUT2D eigenvalue weighted by Crippen LogP contribution is -2.24. The topological polar surface area (TPSA) is 35.8 Å². The van der Waals surface area contributed by atoms with Crippen LogP contribution in [0.25, 0.3) is 0 Å². The molecule has 2 aromatic carbocycles. The molecule has 0 saturated carbocycles. The summed E-state index contributed by atoms with van der Waals surface area (Å²) in [5, 5.41) is 12.4. The molecular formula is C16H15FN2. The van der Waals surface area contributed by atoms with Crippen LogP contribution in [0.4, 0.5) is 4.39 Å². The van der Waals surface area contributed by atoms with Gasteiger partial charge >= 0.3 is 0 Å². The van der Waals surface area contributed by atoms with Gasteiger partial charge in [-0.1, -0.05) is 48.5 Å². The number of benzene rings is 2. The first kappa shape index (κ1) is 13.3. The van der Waals surface area contributed by atoms with Crippen LogP contribution in [0.15, 0.2) is 54.6 Å². The summed E-state index contributed by atoms with van der Waals surface area (Å²) < 4.78 is 13.7. The van der Waals surface area contributed by atoms with Gasteiger partial charge in [0.15, 0.2) is 0 Å². The van der Waals surface area contributed by atoms with Crippen LogP contribution in [-0.4, -0.2) is 0 Å². The SMILES string of the molecule is C[C@@H](N[C@@H](C#N)c1ccccc1F)c1ccccc1. The molecular weight excluding hydrogens is 239 g/mol. The molecule has 1 N–H and O–H groups in total. The minimum absolute atomic E-state index is 0.0227. The predicted octanol–water partition coefficient (Wildman–Crippen LogP) is 3.74. The van der Waals surface area contributed by atoms with E-state index >= 15 is 0 Å². The first-order valence-electron chi connectivity index (χ1n) is 6.17. The molecule has 0 heterocycles. The maximum Gasteiger partial charge on any atom is 0.129 e. The van der Waals surface area contributed by atoms with Crippen LogP contribution >= 0.6 is 0 Å². The van der Waals surface area contributed by atoms with E-state index < -0.39 is 6.04 Å². The Labute approximate surface area is 112 Å². The van der Waals surface area contributed by atoms with Gasteiger partial charge in [-0.25, -0.2) is 4.39 Å². The van der Waals surface area contributed by atoms with Gasteiger partial charge in [-0.05, 0) is 18.6 Å². The third kappa shape index (κ3) is 3.18. The quantitative estimate of drug-likeness (QED) is 0.902. The number of nitriles is 1. The molecule has 0 saturated heterocycles. The zero-order chi connectivity index (χ0) is 13.7. The summed E-state index contributed by atoms with van der Waals surface area (Å²) in [6, 6.07) is 17.6. The third-order valence-corrected chi connectivity index (χ3v) is 3.06. The highest BCUT2D eigenvalue weighted by Crippen LogP contribution is 2.21. The average Bonchev–Trinajstić information content (AvgIpc) is 2.46. The molecule has 96 valence electrons.